The fraction of sp³-hybridized carbons (Fsp3) is 0.575. The zero-order chi connectivity index (χ0) is 41.7. The molecule has 3 fully saturated rings. The smallest absolute Gasteiger partial charge is 0.418 e. The number of halogens is 4. The first-order valence-corrected chi connectivity index (χ1v) is 20.1. The van der Waals surface area contributed by atoms with Crippen LogP contribution in [0.2, 0.25) is 5.02 Å². The standard InChI is InChI=1S/C40H51ClF3N7O7/c1-47(2)34(52)24-57-35(53)23-48-13-7-26(8-14-48)27-9-15-49(16-10-27)37(54)33(21-25-19-30(40(42,43)44)36(45)31(41)20-25)58-39(56)50-17-11-29(12-18-50)51-22-28-5-3-4-6-32(28)46-38(51)55/h3-6,19-20,26-27,29,33H,7-18,21-24,45H2,1-2H3,(H,46,55)/t33-/m1/s1. The SMILES string of the molecule is CN(C)C(=O)COC(=O)CN1CCC(C2CCN(C(=O)[C@@H](Cc3cc(Cl)c(N)c(C(F)(F)F)c3)OC(=O)N3CCC(N4Cc5ccccc5NC4=O)CC3)CC2)CC1. The fourth-order valence-electron chi connectivity index (χ4n) is 8.37. The summed E-state index contributed by atoms with van der Waals surface area (Å²) in [5.41, 5.74) is 5.70. The number of urea groups is 1. The Kier molecular flexibility index (Phi) is 13.6. The molecule has 1 atom stereocenters. The van der Waals surface area contributed by atoms with Crippen LogP contribution < -0.4 is 11.1 Å². The topological polar surface area (TPSA) is 158 Å². The van der Waals surface area contributed by atoms with Gasteiger partial charge in [-0.1, -0.05) is 29.8 Å². The van der Waals surface area contributed by atoms with E-state index in [0.29, 0.717) is 70.2 Å². The molecule has 4 heterocycles. The zero-order valence-corrected chi connectivity index (χ0v) is 33.5. The molecular weight excluding hydrogens is 783 g/mol. The van der Waals surface area contributed by atoms with Crippen molar-refractivity contribution in [2.24, 2.45) is 11.8 Å². The Hall–Kier alpha value is -4.77. The average molecular weight is 834 g/mol. The van der Waals surface area contributed by atoms with Crippen molar-refractivity contribution in [3.63, 3.8) is 0 Å². The number of benzene rings is 2. The van der Waals surface area contributed by atoms with Crippen molar-refractivity contribution in [2.75, 3.05) is 77.6 Å². The summed E-state index contributed by atoms with van der Waals surface area (Å²) in [5.74, 6) is -0.555. The molecule has 5 amide bonds. The number of carbonyl (C=O) groups is 5. The van der Waals surface area contributed by atoms with Crippen LogP contribution >= 0.6 is 11.6 Å². The lowest BCUT2D eigenvalue weighted by Gasteiger charge is -2.41. The number of nitrogens with two attached hydrogens (primary N) is 1. The Labute approximate surface area is 340 Å². The lowest BCUT2D eigenvalue weighted by Crippen LogP contribution is -2.52. The van der Waals surface area contributed by atoms with Gasteiger partial charge in [-0.25, -0.2) is 9.59 Å². The second-order valence-electron chi connectivity index (χ2n) is 15.8. The van der Waals surface area contributed by atoms with Gasteiger partial charge in [0.15, 0.2) is 12.7 Å². The summed E-state index contributed by atoms with van der Waals surface area (Å²) in [4.78, 5) is 72.9. The highest BCUT2D eigenvalue weighted by Gasteiger charge is 2.39. The number of hydrogen-bond acceptors (Lipinski definition) is 9. The Morgan fingerprint density at radius 3 is 2.19 bits per heavy atom. The van der Waals surface area contributed by atoms with Crippen molar-refractivity contribution in [3.8, 4) is 0 Å². The minimum Gasteiger partial charge on any atom is -0.455 e. The van der Waals surface area contributed by atoms with Crippen LogP contribution in [0.5, 0.6) is 0 Å². The van der Waals surface area contributed by atoms with Crippen molar-refractivity contribution >= 4 is 52.9 Å². The molecule has 14 nitrogen and oxygen atoms in total. The minimum absolute atomic E-state index is 0.0441. The molecule has 2 aromatic carbocycles. The van der Waals surface area contributed by atoms with Gasteiger partial charge >= 0.3 is 24.3 Å². The first kappa shape index (κ1) is 42.8. The van der Waals surface area contributed by atoms with E-state index >= 15 is 0 Å². The van der Waals surface area contributed by atoms with Crippen molar-refractivity contribution < 1.29 is 46.6 Å². The summed E-state index contributed by atoms with van der Waals surface area (Å²) in [7, 11) is 3.18. The lowest BCUT2D eigenvalue weighted by molar-refractivity contribution is -0.152. The molecule has 6 rings (SSSR count). The lowest BCUT2D eigenvalue weighted by atomic mass is 9.78. The highest BCUT2D eigenvalue weighted by atomic mass is 35.5. The second kappa shape index (κ2) is 18.4. The molecule has 0 saturated carbocycles. The summed E-state index contributed by atoms with van der Waals surface area (Å²) in [5, 5.41) is 2.60. The highest BCUT2D eigenvalue weighted by molar-refractivity contribution is 6.33. The van der Waals surface area contributed by atoms with Crippen LogP contribution in [0.4, 0.5) is 34.1 Å². The number of nitrogens with zero attached hydrogens (tertiary/aromatic N) is 5. The monoisotopic (exact) mass is 833 g/mol. The number of nitrogen functional groups attached to an aromatic ring is 1. The average Bonchev–Trinajstić information content (AvgIpc) is 3.20. The third-order valence-corrected chi connectivity index (χ3v) is 12.1. The van der Waals surface area contributed by atoms with Crippen LogP contribution in [0.15, 0.2) is 36.4 Å². The van der Waals surface area contributed by atoms with Gasteiger partial charge in [-0.15, -0.1) is 0 Å². The van der Waals surface area contributed by atoms with Crippen molar-refractivity contribution in [1.82, 2.24) is 24.5 Å². The number of likely N-dealkylation sites (tertiary alicyclic amines) is 3. The third-order valence-electron chi connectivity index (χ3n) is 11.8. The van der Waals surface area contributed by atoms with E-state index in [1.54, 1.807) is 23.9 Å². The van der Waals surface area contributed by atoms with Gasteiger partial charge in [-0.05, 0) is 92.8 Å². The quantitative estimate of drug-likeness (QED) is 0.246. The van der Waals surface area contributed by atoms with E-state index < -0.39 is 41.5 Å². The highest BCUT2D eigenvalue weighted by Crippen LogP contribution is 2.39. The number of carbonyl (C=O) groups excluding carboxylic acids is 5. The fourth-order valence-corrected chi connectivity index (χ4v) is 8.61. The number of fused-ring (bicyclic) bond motifs is 1. The Morgan fingerprint density at radius 2 is 1.55 bits per heavy atom. The summed E-state index contributed by atoms with van der Waals surface area (Å²) in [6.07, 6.45) is -3.30. The Bertz CT molecular complexity index is 1840. The van der Waals surface area contributed by atoms with E-state index in [4.69, 9.17) is 26.8 Å². The van der Waals surface area contributed by atoms with Crippen molar-refractivity contribution in [2.45, 2.75) is 69.8 Å². The van der Waals surface area contributed by atoms with E-state index in [1.165, 1.54) is 15.9 Å². The summed E-state index contributed by atoms with van der Waals surface area (Å²) < 4.78 is 52.6. The molecule has 316 valence electrons. The predicted molar refractivity (Wildman–Crippen MR) is 209 cm³/mol. The van der Waals surface area contributed by atoms with Crippen LogP contribution in [-0.2, 0) is 43.0 Å². The Morgan fingerprint density at radius 1 is 0.931 bits per heavy atom. The zero-order valence-electron chi connectivity index (χ0n) is 32.8. The second-order valence-corrected chi connectivity index (χ2v) is 16.2. The predicted octanol–water partition coefficient (Wildman–Crippen LogP) is 5.08. The number of esters is 1. The molecule has 3 N–H and O–H groups in total. The third kappa shape index (κ3) is 10.4. The molecule has 0 spiro atoms. The number of alkyl halides is 3. The van der Waals surface area contributed by atoms with Crippen LogP contribution in [0, 0.1) is 11.8 Å². The maximum absolute atomic E-state index is 14.1. The van der Waals surface area contributed by atoms with Gasteiger partial charge in [0.2, 0.25) is 0 Å². The number of likely N-dealkylation sites (N-methyl/N-ethyl adjacent to an activating group) is 1. The number of ether oxygens (including phenoxy) is 2. The van der Waals surface area contributed by atoms with Gasteiger partial charge in [0, 0.05) is 65.0 Å². The molecule has 0 radical (unpaired) electrons. The van der Waals surface area contributed by atoms with Gasteiger partial charge in [-0.3, -0.25) is 19.3 Å². The number of anilines is 2. The van der Waals surface area contributed by atoms with Gasteiger partial charge in [0.25, 0.3) is 11.8 Å². The van der Waals surface area contributed by atoms with Crippen LogP contribution in [0.3, 0.4) is 0 Å². The molecule has 0 unspecified atom stereocenters. The van der Waals surface area contributed by atoms with Crippen molar-refractivity contribution in [1.29, 1.82) is 0 Å². The van der Waals surface area contributed by atoms with E-state index in [-0.39, 0.29) is 61.2 Å². The van der Waals surface area contributed by atoms with Gasteiger partial charge in [0.05, 0.1) is 22.8 Å². The molecule has 58 heavy (non-hydrogen) atoms. The van der Waals surface area contributed by atoms with E-state index in [9.17, 15) is 37.1 Å². The number of amides is 5. The largest absolute Gasteiger partial charge is 0.455 e. The molecular formula is C40H51ClF3N7O7. The van der Waals surface area contributed by atoms with E-state index in [0.717, 1.165) is 30.2 Å². The minimum atomic E-state index is -4.80. The molecule has 0 aromatic heterocycles. The molecule has 0 bridgehead atoms. The summed E-state index contributed by atoms with van der Waals surface area (Å²) >= 11 is 6.13. The summed E-state index contributed by atoms with van der Waals surface area (Å²) in [6.45, 7) is 2.90. The van der Waals surface area contributed by atoms with Crippen molar-refractivity contribution in [3.05, 3.63) is 58.1 Å². The van der Waals surface area contributed by atoms with Gasteiger partial charge in [0.1, 0.15) is 0 Å². The molecule has 18 heteroatoms. The molecule has 4 aliphatic rings. The van der Waals surface area contributed by atoms with E-state index in [2.05, 4.69) is 5.32 Å². The molecule has 3 saturated heterocycles. The van der Waals surface area contributed by atoms with E-state index in [1.807, 2.05) is 29.2 Å². The molecule has 4 aliphatic heterocycles. The number of piperidine rings is 3. The first-order valence-electron chi connectivity index (χ1n) is 19.7. The number of hydrogen-bond donors (Lipinski definition) is 2. The van der Waals surface area contributed by atoms with Gasteiger partial charge < -0.3 is 40.1 Å². The van der Waals surface area contributed by atoms with Gasteiger partial charge in [-0.2, -0.15) is 13.2 Å². The molecule has 2 aromatic rings. The van der Waals surface area contributed by atoms with Crippen LogP contribution in [0.1, 0.15) is 55.2 Å². The summed E-state index contributed by atoms with van der Waals surface area (Å²) in [6, 6.07) is 9.30. The Balaban J connectivity index is 1.06. The number of rotatable bonds is 10. The maximum atomic E-state index is 14.1. The number of para-hydroxylation sites is 1. The van der Waals surface area contributed by atoms with Crippen LogP contribution in [-0.4, -0.2) is 133 Å². The number of nitrogens with one attached hydrogen (secondary N) is 1. The normalized spacial score (nSPS) is 19.3. The van der Waals surface area contributed by atoms with Crippen LogP contribution in [0.25, 0.3) is 0 Å². The molecule has 0 aliphatic carbocycles. The first-order chi connectivity index (χ1) is 27.6. The maximum Gasteiger partial charge on any atom is 0.418 e.